The molecule has 5 heteroatoms. The van der Waals surface area contributed by atoms with Crippen molar-refractivity contribution in [2.45, 2.75) is 25.8 Å². The average Bonchev–Trinajstić information content (AvgIpc) is 2.30. The minimum atomic E-state index is -1.24. The molecule has 1 aliphatic carbocycles. The van der Waals surface area contributed by atoms with Crippen LogP contribution >= 0.6 is 0 Å². The summed E-state index contributed by atoms with van der Waals surface area (Å²) in [5.41, 5.74) is -0.466. The molecule has 2 rings (SSSR count). The van der Waals surface area contributed by atoms with Crippen molar-refractivity contribution in [3.63, 3.8) is 0 Å². The average molecular weight is 265 g/mol. The molecule has 1 aliphatic rings. The highest BCUT2D eigenvalue weighted by Crippen LogP contribution is 2.42. The quantitative estimate of drug-likeness (QED) is 0.847. The van der Waals surface area contributed by atoms with Gasteiger partial charge in [0.25, 0.3) is 0 Å². The first kappa shape index (κ1) is 13.5. The number of carbonyl (C=O) groups excluding carboxylic acids is 1. The third kappa shape index (κ3) is 2.45. The zero-order valence-corrected chi connectivity index (χ0v) is 10.7. The van der Waals surface area contributed by atoms with Crippen LogP contribution < -0.4 is 0 Å². The smallest absolute Gasteiger partial charge is 0.319 e. The molecule has 4 nitrogen and oxygen atoms in total. The number of nitrogens with zero attached hydrogens (tertiary/aromatic N) is 1. The van der Waals surface area contributed by atoms with E-state index in [9.17, 15) is 19.1 Å². The Balaban J connectivity index is 2.07. The Kier molecular flexibility index (Phi) is 3.55. The first-order chi connectivity index (χ1) is 8.95. The molecule has 0 unspecified atom stereocenters. The fourth-order valence-electron chi connectivity index (χ4n) is 2.35. The van der Waals surface area contributed by atoms with E-state index in [2.05, 4.69) is 0 Å². The second-order valence-corrected chi connectivity index (χ2v) is 5.03. The summed E-state index contributed by atoms with van der Waals surface area (Å²) in [6.45, 7) is 0.286. The molecule has 0 atom stereocenters. The van der Waals surface area contributed by atoms with Crippen LogP contribution in [0, 0.1) is 11.2 Å². The number of rotatable bonds is 4. The zero-order chi connectivity index (χ0) is 14.0. The SMILES string of the molecule is CN(Cc1ccc(F)cc1)C(=O)C1(C(=O)O)CCC1. The van der Waals surface area contributed by atoms with E-state index in [0.717, 1.165) is 12.0 Å². The largest absolute Gasteiger partial charge is 0.480 e. The maximum Gasteiger partial charge on any atom is 0.319 e. The van der Waals surface area contributed by atoms with Crippen LogP contribution in [0.4, 0.5) is 4.39 Å². The van der Waals surface area contributed by atoms with Gasteiger partial charge in [0.15, 0.2) is 0 Å². The molecule has 0 heterocycles. The van der Waals surface area contributed by atoms with E-state index in [1.165, 1.54) is 17.0 Å². The Morgan fingerprint density at radius 1 is 1.32 bits per heavy atom. The highest BCUT2D eigenvalue weighted by Gasteiger charge is 2.52. The molecule has 1 aromatic carbocycles. The molecule has 0 aromatic heterocycles. The first-order valence-electron chi connectivity index (χ1n) is 6.19. The molecule has 1 amide bonds. The van der Waals surface area contributed by atoms with Crippen LogP contribution in [-0.4, -0.2) is 28.9 Å². The summed E-state index contributed by atoms with van der Waals surface area (Å²) in [7, 11) is 1.58. The van der Waals surface area contributed by atoms with Crippen molar-refractivity contribution in [3.05, 3.63) is 35.6 Å². The number of hydrogen-bond donors (Lipinski definition) is 1. The number of halogens is 1. The molecule has 19 heavy (non-hydrogen) atoms. The van der Waals surface area contributed by atoms with Crippen LogP contribution in [0.3, 0.4) is 0 Å². The van der Waals surface area contributed by atoms with Crippen LogP contribution in [0.15, 0.2) is 24.3 Å². The summed E-state index contributed by atoms with van der Waals surface area (Å²) >= 11 is 0. The van der Waals surface area contributed by atoms with Crippen molar-refractivity contribution in [1.29, 1.82) is 0 Å². The van der Waals surface area contributed by atoms with Gasteiger partial charge in [-0.3, -0.25) is 9.59 Å². The van der Waals surface area contributed by atoms with Gasteiger partial charge < -0.3 is 10.0 Å². The molecular formula is C14H16FNO3. The summed E-state index contributed by atoms with van der Waals surface area (Å²) in [4.78, 5) is 24.9. The van der Waals surface area contributed by atoms with Crippen LogP contribution in [0.1, 0.15) is 24.8 Å². The molecule has 0 aliphatic heterocycles. The molecule has 0 radical (unpaired) electrons. The van der Waals surface area contributed by atoms with Crippen LogP contribution in [0.25, 0.3) is 0 Å². The monoisotopic (exact) mass is 265 g/mol. The van der Waals surface area contributed by atoms with Gasteiger partial charge in [-0.15, -0.1) is 0 Å². The van der Waals surface area contributed by atoms with Gasteiger partial charge in [0.1, 0.15) is 11.2 Å². The Morgan fingerprint density at radius 3 is 2.32 bits per heavy atom. The number of carbonyl (C=O) groups is 2. The maximum absolute atomic E-state index is 12.8. The second-order valence-electron chi connectivity index (χ2n) is 5.03. The minimum absolute atomic E-state index is 0.286. The molecule has 1 fully saturated rings. The summed E-state index contributed by atoms with van der Waals surface area (Å²) in [6.07, 6.45) is 1.56. The van der Waals surface area contributed by atoms with Gasteiger partial charge in [-0.25, -0.2) is 4.39 Å². The number of amides is 1. The molecule has 1 saturated carbocycles. The normalized spacial score (nSPS) is 16.5. The fraction of sp³-hybridized carbons (Fsp3) is 0.429. The van der Waals surface area contributed by atoms with E-state index in [-0.39, 0.29) is 18.3 Å². The molecule has 1 aromatic rings. The summed E-state index contributed by atoms with van der Waals surface area (Å²) in [6, 6.07) is 5.83. The summed E-state index contributed by atoms with van der Waals surface area (Å²) < 4.78 is 12.8. The molecule has 1 N–H and O–H groups in total. The van der Waals surface area contributed by atoms with Gasteiger partial charge in [-0.05, 0) is 30.5 Å². The van der Waals surface area contributed by atoms with Crippen molar-refractivity contribution in [2.24, 2.45) is 5.41 Å². The number of aliphatic carboxylic acids is 1. The molecule has 0 bridgehead atoms. The van der Waals surface area contributed by atoms with Crippen molar-refractivity contribution in [1.82, 2.24) is 4.90 Å². The minimum Gasteiger partial charge on any atom is -0.480 e. The van der Waals surface area contributed by atoms with Crippen LogP contribution in [0.2, 0.25) is 0 Å². The van der Waals surface area contributed by atoms with E-state index in [1.807, 2.05) is 0 Å². The molecular weight excluding hydrogens is 249 g/mol. The Hall–Kier alpha value is -1.91. The van der Waals surface area contributed by atoms with E-state index in [1.54, 1.807) is 19.2 Å². The van der Waals surface area contributed by atoms with Gasteiger partial charge in [-0.1, -0.05) is 18.6 Å². The second kappa shape index (κ2) is 4.99. The fourth-order valence-corrected chi connectivity index (χ4v) is 2.35. The third-order valence-electron chi connectivity index (χ3n) is 3.71. The summed E-state index contributed by atoms with van der Waals surface area (Å²) in [5, 5.41) is 9.21. The highest BCUT2D eigenvalue weighted by atomic mass is 19.1. The molecule has 0 spiro atoms. The Labute approximate surface area is 110 Å². The Bertz CT molecular complexity index is 494. The molecule has 102 valence electrons. The van der Waals surface area contributed by atoms with Gasteiger partial charge in [0.05, 0.1) is 0 Å². The lowest BCUT2D eigenvalue weighted by atomic mass is 9.68. The van der Waals surface area contributed by atoms with E-state index in [4.69, 9.17) is 0 Å². The van der Waals surface area contributed by atoms with Gasteiger partial charge in [-0.2, -0.15) is 0 Å². The van der Waals surface area contributed by atoms with E-state index in [0.29, 0.717) is 12.8 Å². The zero-order valence-electron chi connectivity index (χ0n) is 10.7. The van der Waals surface area contributed by atoms with Gasteiger partial charge in [0, 0.05) is 13.6 Å². The maximum atomic E-state index is 12.8. The van der Waals surface area contributed by atoms with Crippen molar-refractivity contribution in [3.8, 4) is 0 Å². The number of carboxylic acids is 1. The van der Waals surface area contributed by atoms with Crippen molar-refractivity contribution < 1.29 is 19.1 Å². The van der Waals surface area contributed by atoms with Gasteiger partial charge in [0.2, 0.25) is 5.91 Å². The van der Waals surface area contributed by atoms with Crippen LogP contribution in [-0.2, 0) is 16.1 Å². The third-order valence-corrected chi connectivity index (χ3v) is 3.71. The topological polar surface area (TPSA) is 57.6 Å². The predicted molar refractivity (Wildman–Crippen MR) is 66.8 cm³/mol. The van der Waals surface area contributed by atoms with E-state index >= 15 is 0 Å². The predicted octanol–water partition coefficient (Wildman–Crippen LogP) is 2.04. The number of benzene rings is 1. The lowest BCUT2D eigenvalue weighted by Crippen LogP contribution is -2.51. The lowest BCUT2D eigenvalue weighted by molar-refractivity contribution is -0.167. The molecule has 0 saturated heterocycles. The van der Waals surface area contributed by atoms with E-state index < -0.39 is 11.4 Å². The first-order valence-corrected chi connectivity index (χ1v) is 6.19. The lowest BCUT2D eigenvalue weighted by Gasteiger charge is -2.38. The highest BCUT2D eigenvalue weighted by molar-refractivity contribution is 6.02. The number of carboxylic acid groups (broad SMARTS) is 1. The summed E-state index contributed by atoms with van der Waals surface area (Å²) in [5.74, 6) is -1.75. The standard InChI is InChI=1S/C14H16FNO3/c1-16(9-10-3-5-11(15)6-4-10)12(17)14(13(18)19)7-2-8-14/h3-6H,2,7-9H2,1H3,(H,18,19). The van der Waals surface area contributed by atoms with Crippen molar-refractivity contribution in [2.75, 3.05) is 7.05 Å². The number of hydrogen-bond acceptors (Lipinski definition) is 2. The Morgan fingerprint density at radius 2 is 1.89 bits per heavy atom. The van der Waals surface area contributed by atoms with Gasteiger partial charge >= 0.3 is 5.97 Å². The van der Waals surface area contributed by atoms with Crippen molar-refractivity contribution >= 4 is 11.9 Å². The van der Waals surface area contributed by atoms with Crippen LogP contribution in [0.5, 0.6) is 0 Å².